The molecule has 36 heavy (non-hydrogen) atoms. The predicted octanol–water partition coefficient (Wildman–Crippen LogP) is 6.70. The van der Waals surface area contributed by atoms with Crippen LogP contribution in [0.4, 0.5) is 30.2 Å². The number of amides is 3. The smallest absolute Gasteiger partial charge is 0.350 e. The van der Waals surface area contributed by atoms with E-state index in [1.165, 1.54) is 36.4 Å². The number of imide groups is 1. The number of carbonyl (C=O) groups is 3. The summed E-state index contributed by atoms with van der Waals surface area (Å²) in [6.07, 6.45) is -4.62. The van der Waals surface area contributed by atoms with Crippen molar-refractivity contribution < 1.29 is 27.6 Å². The highest BCUT2D eigenvalue weighted by molar-refractivity contribution is 6.53. The highest BCUT2D eigenvalue weighted by Crippen LogP contribution is 2.35. The van der Waals surface area contributed by atoms with Crippen LogP contribution in [0.3, 0.4) is 0 Å². The minimum absolute atomic E-state index is 0.0323. The molecular formula is C24H13Cl3F3N3O3. The van der Waals surface area contributed by atoms with Gasteiger partial charge in [0.05, 0.1) is 27.0 Å². The van der Waals surface area contributed by atoms with Crippen LogP contribution in [0.25, 0.3) is 0 Å². The van der Waals surface area contributed by atoms with Crippen molar-refractivity contribution in [2.75, 3.05) is 15.5 Å². The molecule has 0 aromatic heterocycles. The Morgan fingerprint density at radius 1 is 0.833 bits per heavy atom. The molecule has 0 fully saturated rings. The van der Waals surface area contributed by atoms with Crippen molar-refractivity contribution in [1.29, 1.82) is 0 Å². The van der Waals surface area contributed by atoms with E-state index < -0.39 is 29.5 Å². The Labute approximate surface area is 217 Å². The first-order valence-electron chi connectivity index (χ1n) is 10.1. The molecule has 2 N–H and O–H groups in total. The van der Waals surface area contributed by atoms with Crippen molar-refractivity contribution >= 4 is 69.6 Å². The average Bonchev–Trinajstić information content (AvgIpc) is 3.03. The Kier molecular flexibility index (Phi) is 6.99. The molecule has 0 atom stereocenters. The molecule has 0 spiro atoms. The maximum atomic E-state index is 13.0. The summed E-state index contributed by atoms with van der Waals surface area (Å²) in [5.41, 5.74) is -1.05. The van der Waals surface area contributed by atoms with E-state index in [0.717, 1.165) is 23.1 Å². The molecule has 3 amide bonds. The maximum absolute atomic E-state index is 13.0. The van der Waals surface area contributed by atoms with Crippen LogP contribution in [0.1, 0.15) is 15.9 Å². The van der Waals surface area contributed by atoms with Gasteiger partial charge in [0.15, 0.2) is 0 Å². The van der Waals surface area contributed by atoms with Gasteiger partial charge in [-0.2, -0.15) is 13.2 Å². The number of alkyl halides is 3. The lowest BCUT2D eigenvalue weighted by Gasteiger charge is -2.16. The normalized spacial score (nSPS) is 13.9. The minimum atomic E-state index is -4.62. The molecule has 0 bridgehead atoms. The van der Waals surface area contributed by atoms with E-state index in [4.69, 9.17) is 34.8 Å². The van der Waals surface area contributed by atoms with Crippen molar-refractivity contribution in [3.8, 4) is 0 Å². The fourth-order valence-corrected chi connectivity index (χ4v) is 3.94. The number of carbonyl (C=O) groups excluding carboxylic acids is 3. The van der Waals surface area contributed by atoms with Gasteiger partial charge in [-0.3, -0.25) is 14.4 Å². The largest absolute Gasteiger partial charge is 0.416 e. The van der Waals surface area contributed by atoms with Crippen molar-refractivity contribution in [2.45, 2.75) is 6.18 Å². The highest BCUT2D eigenvalue weighted by atomic mass is 35.5. The van der Waals surface area contributed by atoms with E-state index in [0.29, 0.717) is 0 Å². The first-order valence-corrected chi connectivity index (χ1v) is 11.2. The lowest BCUT2D eigenvalue weighted by Crippen LogP contribution is -2.32. The third-order valence-corrected chi connectivity index (χ3v) is 6.06. The molecule has 0 aliphatic carbocycles. The lowest BCUT2D eigenvalue weighted by atomic mass is 10.1. The standard InChI is InChI=1S/C24H13Cl3F3N3O3/c25-15-9-8-13(24(28,29)30)11-17(15)32-21(34)12-4-3-5-14(10-12)31-20-19(27)22(35)33(23(20)36)18-7-2-1-6-16(18)26/h1-11,31H,(H,32,34). The summed E-state index contributed by atoms with van der Waals surface area (Å²) in [6.45, 7) is 0. The van der Waals surface area contributed by atoms with E-state index in [1.54, 1.807) is 12.1 Å². The average molecular weight is 555 g/mol. The Hall–Kier alpha value is -3.53. The zero-order chi connectivity index (χ0) is 26.2. The van der Waals surface area contributed by atoms with Crippen molar-refractivity contribution in [3.63, 3.8) is 0 Å². The summed E-state index contributed by atoms with van der Waals surface area (Å²) >= 11 is 18.2. The third kappa shape index (κ3) is 5.04. The Morgan fingerprint density at radius 2 is 1.56 bits per heavy atom. The molecule has 0 saturated heterocycles. The van der Waals surface area contributed by atoms with Gasteiger partial charge in [-0.25, -0.2) is 4.90 Å². The summed E-state index contributed by atoms with van der Waals surface area (Å²) in [6, 6.07) is 14.5. The van der Waals surface area contributed by atoms with Crippen LogP contribution in [-0.2, 0) is 15.8 Å². The molecule has 0 saturated carbocycles. The number of halogens is 6. The number of hydrogen-bond acceptors (Lipinski definition) is 4. The molecule has 184 valence electrons. The van der Waals surface area contributed by atoms with Gasteiger partial charge in [-0.1, -0.05) is 53.0 Å². The SMILES string of the molecule is O=C(Nc1cc(C(F)(F)F)ccc1Cl)c1cccc(NC2=C(Cl)C(=O)N(c3ccccc3Cl)C2=O)c1. The van der Waals surface area contributed by atoms with Crippen molar-refractivity contribution in [1.82, 2.24) is 0 Å². The van der Waals surface area contributed by atoms with E-state index in [2.05, 4.69) is 10.6 Å². The second-order valence-electron chi connectivity index (χ2n) is 7.44. The summed E-state index contributed by atoms with van der Waals surface area (Å²) in [5, 5.41) is 4.76. The molecule has 12 heteroatoms. The number of nitrogens with zero attached hydrogens (tertiary/aromatic N) is 1. The Morgan fingerprint density at radius 3 is 2.25 bits per heavy atom. The molecule has 1 aliphatic heterocycles. The van der Waals surface area contributed by atoms with E-state index >= 15 is 0 Å². The van der Waals surface area contributed by atoms with E-state index in [-0.39, 0.29) is 43.4 Å². The summed E-state index contributed by atoms with van der Waals surface area (Å²) in [4.78, 5) is 39.1. The Bertz CT molecular complexity index is 1440. The van der Waals surface area contributed by atoms with E-state index in [9.17, 15) is 27.6 Å². The highest BCUT2D eigenvalue weighted by Gasteiger charge is 2.39. The van der Waals surface area contributed by atoms with Crippen molar-refractivity contribution in [2.24, 2.45) is 0 Å². The number of hydrogen-bond donors (Lipinski definition) is 2. The fraction of sp³-hybridized carbons (Fsp3) is 0.0417. The number of benzene rings is 3. The number of rotatable bonds is 5. The van der Waals surface area contributed by atoms with Crippen LogP contribution < -0.4 is 15.5 Å². The first kappa shape index (κ1) is 25.6. The molecule has 3 aromatic rings. The third-order valence-electron chi connectivity index (χ3n) is 5.06. The van der Waals surface area contributed by atoms with Gasteiger partial charge in [0.1, 0.15) is 10.7 Å². The molecule has 1 aliphatic rings. The summed E-state index contributed by atoms with van der Waals surface area (Å²) in [5.74, 6) is -2.31. The zero-order valence-electron chi connectivity index (χ0n) is 17.8. The fourth-order valence-electron chi connectivity index (χ4n) is 3.34. The zero-order valence-corrected chi connectivity index (χ0v) is 20.1. The van der Waals surface area contributed by atoms with Crippen LogP contribution >= 0.6 is 34.8 Å². The van der Waals surface area contributed by atoms with Crippen LogP contribution in [-0.4, -0.2) is 17.7 Å². The van der Waals surface area contributed by atoms with Gasteiger partial charge in [0.25, 0.3) is 17.7 Å². The van der Waals surface area contributed by atoms with Crippen LogP contribution in [0.2, 0.25) is 10.0 Å². The van der Waals surface area contributed by atoms with Crippen molar-refractivity contribution in [3.05, 3.63) is 98.6 Å². The summed E-state index contributed by atoms with van der Waals surface area (Å²) < 4.78 is 39.0. The molecule has 0 unspecified atom stereocenters. The predicted molar refractivity (Wildman–Crippen MR) is 131 cm³/mol. The van der Waals surface area contributed by atoms with Crippen LogP contribution in [0.15, 0.2) is 77.5 Å². The van der Waals surface area contributed by atoms with Crippen LogP contribution in [0.5, 0.6) is 0 Å². The van der Waals surface area contributed by atoms with Gasteiger partial charge < -0.3 is 10.6 Å². The topological polar surface area (TPSA) is 78.5 Å². The Balaban J connectivity index is 1.56. The number of nitrogens with one attached hydrogen (secondary N) is 2. The van der Waals surface area contributed by atoms with Gasteiger partial charge >= 0.3 is 6.18 Å². The van der Waals surface area contributed by atoms with Gasteiger partial charge in [-0.05, 0) is 48.5 Å². The number of anilines is 3. The van der Waals surface area contributed by atoms with Gasteiger partial charge in [-0.15, -0.1) is 0 Å². The molecule has 0 radical (unpaired) electrons. The second-order valence-corrected chi connectivity index (χ2v) is 8.63. The number of para-hydroxylation sites is 1. The minimum Gasteiger partial charge on any atom is -0.350 e. The first-order chi connectivity index (χ1) is 17.0. The molecule has 6 nitrogen and oxygen atoms in total. The van der Waals surface area contributed by atoms with Gasteiger partial charge in [0, 0.05) is 11.3 Å². The molecule has 3 aromatic carbocycles. The second kappa shape index (κ2) is 9.85. The molecule has 4 rings (SSSR count). The quantitative estimate of drug-likeness (QED) is 0.344. The monoisotopic (exact) mass is 553 g/mol. The molecule has 1 heterocycles. The molecular weight excluding hydrogens is 542 g/mol. The van der Waals surface area contributed by atoms with Gasteiger partial charge in [0.2, 0.25) is 0 Å². The lowest BCUT2D eigenvalue weighted by molar-refractivity contribution is -0.137. The summed E-state index contributed by atoms with van der Waals surface area (Å²) in [7, 11) is 0. The van der Waals surface area contributed by atoms with E-state index in [1.807, 2.05) is 0 Å². The maximum Gasteiger partial charge on any atom is 0.416 e. The van der Waals surface area contributed by atoms with Crippen LogP contribution in [0, 0.1) is 0 Å².